The minimum atomic E-state index is -1.08. The number of hydrogen-bond donors (Lipinski definition) is 1. The molecular formula is C21H22FNO4. The maximum atomic E-state index is 13.6. The molecule has 5 nitrogen and oxygen atoms in total. The van der Waals surface area contributed by atoms with E-state index in [4.69, 9.17) is 4.74 Å². The first-order chi connectivity index (χ1) is 12.6. The average Bonchev–Trinajstić information content (AvgIpc) is 2.61. The quantitative estimate of drug-likeness (QED) is 0.630. The van der Waals surface area contributed by atoms with Gasteiger partial charge in [-0.05, 0) is 43.3 Å². The number of amides is 1. The Balaban J connectivity index is 2.03. The van der Waals surface area contributed by atoms with Crippen LogP contribution in [0.5, 0.6) is 0 Å². The van der Waals surface area contributed by atoms with Gasteiger partial charge in [0.15, 0.2) is 6.10 Å². The molecule has 0 saturated heterocycles. The maximum Gasteiger partial charge on any atom is 0.341 e. The molecule has 2 rings (SSSR count). The van der Waals surface area contributed by atoms with Crippen molar-refractivity contribution in [2.75, 3.05) is 5.32 Å². The summed E-state index contributed by atoms with van der Waals surface area (Å²) in [5, 5.41) is 2.76. The zero-order valence-electron chi connectivity index (χ0n) is 15.7. The predicted octanol–water partition coefficient (Wildman–Crippen LogP) is 4.24. The second-order valence-corrected chi connectivity index (χ2v) is 7.17. The van der Waals surface area contributed by atoms with Crippen molar-refractivity contribution in [3.05, 3.63) is 65.5 Å². The van der Waals surface area contributed by atoms with Crippen molar-refractivity contribution < 1.29 is 23.5 Å². The summed E-state index contributed by atoms with van der Waals surface area (Å²) >= 11 is 0. The summed E-state index contributed by atoms with van der Waals surface area (Å²) in [5.41, 5.74) is 0.113. The summed E-state index contributed by atoms with van der Waals surface area (Å²) in [5.74, 6) is -2.17. The molecule has 1 amide bonds. The third-order valence-electron chi connectivity index (χ3n) is 3.86. The molecule has 0 unspecified atom stereocenters. The van der Waals surface area contributed by atoms with Crippen LogP contribution >= 0.6 is 0 Å². The number of carbonyl (C=O) groups excluding carboxylic acids is 3. The molecule has 0 spiro atoms. The van der Waals surface area contributed by atoms with E-state index in [2.05, 4.69) is 5.32 Å². The van der Waals surface area contributed by atoms with Gasteiger partial charge in [-0.25, -0.2) is 9.18 Å². The van der Waals surface area contributed by atoms with Crippen LogP contribution in [-0.2, 0) is 9.53 Å². The van der Waals surface area contributed by atoms with E-state index in [9.17, 15) is 18.8 Å². The summed E-state index contributed by atoms with van der Waals surface area (Å²) < 4.78 is 18.7. The summed E-state index contributed by atoms with van der Waals surface area (Å²) in [6.07, 6.45) is -1.08. The predicted molar refractivity (Wildman–Crippen MR) is 100 cm³/mol. The fraction of sp³-hybridized carbons (Fsp3) is 0.286. The Morgan fingerprint density at radius 2 is 1.59 bits per heavy atom. The number of anilines is 1. The van der Waals surface area contributed by atoms with Gasteiger partial charge in [0.2, 0.25) is 11.7 Å². The van der Waals surface area contributed by atoms with Crippen molar-refractivity contribution >= 4 is 23.3 Å². The van der Waals surface area contributed by atoms with E-state index in [1.807, 2.05) is 0 Å². The third-order valence-corrected chi connectivity index (χ3v) is 3.86. The number of ketones is 1. The van der Waals surface area contributed by atoms with Crippen molar-refractivity contribution in [2.24, 2.45) is 5.41 Å². The molecule has 0 aliphatic rings. The van der Waals surface area contributed by atoms with Gasteiger partial charge in [0.1, 0.15) is 5.82 Å². The Morgan fingerprint density at radius 1 is 1.00 bits per heavy atom. The number of carbonyl (C=O) groups is 3. The van der Waals surface area contributed by atoms with E-state index in [0.29, 0.717) is 11.3 Å². The highest BCUT2D eigenvalue weighted by atomic mass is 19.1. The van der Waals surface area contributed by atoms with Crippen LogP contribution in [0.15, 0.2) is 48.5 Å². The van der Waals surface area contributed by atoms with Crippen molar-refractivity contribution in [3.63, 3.8) is 0 Å². The molecule has 0 bridgehead atoms. The highest BCUT2D eigenvalue weighted by molar-refractivity contribution is 6.02. The molecule has 2 aromatic rings. The molecule has 0 aliphatic carbocycles. The minimum absolute atomic E-state index is 0.145. The van der Waals surface area contributed by atoms with Gasteiger partial charge in [0.25, 0.3) is 0 Å². The zero-order chi connectivity index (χ0) is 20.2. The van der Waals surface area contributed by atoms with Crippen LogP contribution in [0.4, 0.5) is 10.1 Å². The largest absolute Gasteiger partial charge is 0.451 e. The molecule has 2 aromatic carbocycles. The lowest BCUT2D eigenvalue weighted by molar-refractivity contribution is -0.123. The molecule has 1 atom stereocenters. The minimum Gasteiger partial charge on any atom is -0.451 e. The fourth-order valence-electron chi connectivity index (χ4n) is 2.18. The summed E-state index contributed by atoms with van der Waals surface area (Å²) in [6.45, 7) is 6.82. The van der Waals surface area contributed by atoms with Gasteiger partial charge in [0.05, 0.1) is 5.56 Å². The number of ether oxygens (including phenoxy) is 1. The smallest absolute Gasteiger partial charge is 0.341 e. The van der Waals surface area contributed by atoms with Gasteiger partial charge in [-0.3, -0.25) is 9.59 Å². The van der Waals surface area contributed by atoms with Gasteiger partial charge >= 0.3 is 5.97 Å². The summed E-state index contributed by atoms with van der Waals surface area (Å²) in [6, 6.07) is 11.7. The second kappa shape index (κ2) is 8.12. The molecule has 0 saturated carbocycles. The standard InChI is InChI=1S/C21H22FNO4/c1-13(27-19(25)16-7-5-6-8-17(16)22)18(24)14-9-11-15(12-10-14)23-20(26)21(2,3)4/h5-13H,1-4H3,(H,23,26)/t13-/m1/s1. The van der Waals surface area contributed by atoms with Gasteiger partial charge in [-0.15, -0.1) is 0 Å². The Morgan fingerprint density at radius 3 is 2.15 bits per heavy atom. The van der Waals surface area contributed by atoms with Crippen LogP contribution in [0, 0.1) is 11.2 Å². The molecular weight excluding hydrogens is 349 g/mol. The number of nitrogens with one attached hydrogen (secondary N) is 1. The van der Waals surface area contributed by atoms with Gasteiger partial charge in [0, 0.05) is 16.7 Å². The van der Waals surface area contributed by atoms with Gasteiger partial charge < -0.3 is 10.1 Å². The molecule has 0 aliphatic heterocycles. The SMILES string of the molecule is C[C@@H](OC(=O)c1ccccc1F)C(=O)c1ccc(NC(=O)C(C)(C)C)cc1. The molecule has 1 N–H and O–H groups in total. The molecule has 6 heteroatoms. The monoisotopic (exact) mass is 371 g/mol. The van der Waals surface area contributed by atoms with Crippen molar-refractivity contribution in [2.45, 2.75) is 33.8 Å². The summed E-state index contributed by atoms with van der Waals surface area (Å²) in [7, 11) is 0. The fourth-order valence-corrected chi connectivity index (χ4v) is 2.18. The lowest BCUT2D eigenvalue weighted by Crippen LogP contribution is -2.27. The Hall–Kier alpha value is -3.02. The van der Waals surface area contributed by atoms with E-state index >= 15 is 0 Å². The second-order valence-electron chi connectivity index (χ2n) is 7.17. The van der Waals surface area contributed by atoms with E-state index < -0.39 is 29.1 Å². The first-order valence-corrected chi connectivity index (χ1v) is 8.51. The first-order valence-electron chi connectivity index (χ1n) is 8.51. The van der Waals surface area contributed by atoms with Crippen molar-refractivity contribution in [1.29, 1.82) is 0 Å². The van der Waals surface area contributed by atoms with Crippen molar-refractivity contribution in [3.8, 4) is 0 Å². The number of esters is 1. The van der Waals surface area contributed by atoms with Crippen LogP contribution in [-0.4, -0.2) is 23.8 Å². The molecule has 142 valence electrons. The number of Topliss-reactive ketones (excluding diaryl/α,β-unsaturated/α-hetero) is 1. The topological polar surface area (TPSA) is 72.5 Å². The van der Waals surface area contributed by atoms with E-state index in [1.54, 1.807) is 32.9 Å². The average molecular weight is 371 g/mol. The normalized spacial score (nSPS) is 12.2. The van der Waals surface area contributed by atoms with Crippen LogP contribution in [0.2, 0.25) is 0 Å². The van der Waals surface area contributed by atoms with Gasteiger partial charge in [-0.2, -0.15) is 0 Å². The number of halogens is 1. The van der Waals surface area contributed by atoms with E-state index in [0.717, 1.165) is 6.07 Å². The van der Waals surface area contributed by atoms with Crippen LogP contribution in [0.1, 0.15) is 48.4 Å². The zero-order valence-corrected chi connectivity index (χ0v) is 15.7. The highest BCUT2D eigenvalue weighted by Gasteiger charge is 2.23. The Labute approximate surface area is 157 Å². The van der Waals surface area contributed by atoms with E-state index in [-0.39, 0.29) is 11.5 Å². The molecule has 0 heterocycles. The van der Waals surface area contributed by atoms with Gasteiger partial charge in [-0.1, -0.05) is 32.9 Å². The van der Waals surface area contributed by atoms with Crippen LogP contribution < -0.4 is 5.32 Å². The van der Waals surface area contributed by atoms with E-state index in [1.165, 1.54) is 37.3 Å². The number of rotatable bonds is 5. The molecule has 0 fully saturated rings. The molecule has 0 radical (unpaired) electrons. The highest BCUT2D eigenvalue weighted by Crippen LogP contribution is 2.19. The number of hydrogen-bond acceptors (Lipinski definition) is 4. The first kappa shape index (κ1) is 20.3. The maximum absolute atomic E-state index is 13.6. The molecule has 27 heavy (non-hydrogen) atoms. The number of benzene rings is 2. The lowest BCUT2D eigenvalue weighted by Gasteiger charge is -2.18. The lowest BCUT2D eigenvalue weighted by atomic mass is 9.95. The summed E-state index contributed by atoms with van der Waals surface area (Å²) in [4.78, 5) is 36.4. The van der Waals surface area contributed by atoms with Crippen LogP contribution in [0.3, 0.4) is 0 Å². The Kier molecular flexibility index (Phi) is 6.10. The van der Waals surface area contributed by atoms with Crippen molar-refractivity contribution in [1.82, 2.24) is 0 Å². The molecule has 0 aromatic heterocycles. The third kappa shape index (κ3) is 5.23. The Bertz CT molecular complexity index is 853. The van der Waals surface area contributed by atoms with Crippen LogP contribution in [0.25, 0.3) is 0 Å².